The number of sulfonamides is 1. The van der Waals surface area contributed by atoms with Crippen molar-refractivity contribution in [1.82, 2.24) is 4.90 Å². The van der Waals surface area contributed by atoms with E-state index in [1.807, 2.05) is 19.1 Å². The summed E-state index contributed by atoms with van der Waals surface area (Å²) < 4.78 is 42.0. The summed E-state index contributed by atoms with van der Waals surface area (Å²) in [6.07, 6.45) is 0. The van der Waals surface area contributed by atoms with Gasteiger partial charge in [-0.15, -0.1) is 0 Å². The van der Waals surface area contributed by atoms with Gasteiger partial charge in [0.05, 0.1) is 10.6 Å². The Morgan fingerprint density at radius 1 is 0.879 bits per heavy atom. The van der Waals surface area contributed by atoms with Crippen LogP contribution in [0.25, 0.3) is 0 Å². The van der Waals surface area contributed by atoms with E-state index in [0.29, 0.717) is 43.0 Å². The second kappa shape index (κ2) is 9.23. The van der Waals surface area contributed by atoms with Gasteiger partial charge in [-0.1, -0.05) is 24.3 Å². The number of para-hydroxylation sites is 1. The Kier molecular flexibility index (Phi) is 6.37. The minimum Gasteiger partial charge on any atom is -0.368 e. The molecule has 33 heavy (non-hydrogen) atoms. The number of rotatable bonds is 5. The monoisotopic (exact) mass is 467 g/mol. The zero-order chi connectivity index (χ0) is 23.6. The first kappa shape index (κ1) is 22.8. The highest BCUT2D eigenvalue weighted by Gasteiger charge is 2.25. The van der Waals surface area contributed by atoms with Crippen LogP contribution in [0.15, 0.2) is 71.6 Å². The van der Waals surface area contributed by atoms with Crippen molar-refractivity contribution < 1.29 is 17.6 Å². The number of carbonyl (C=O) groups is 1. The van der Waals surface area contributed by atoms with Crippen LogP contribution < -0.4 is 9.62 Å². The molecule has 0 aromatic heterocycles. The number of halogens is 1. The average molecular weight is 468 g/mol. The molecular weight excluding hydrogens is 441 g/mol. The maximum absolute atomic E-state index is 13.2. The van der Waals surface area contributed by atoms with Gasteiger partial charge in [0.1, 0.15) is 5.82 Å². The van der Waals surface area contributed by atoms with Crippen LogP contribution in [-0.2, 0) is 10.0 Å². The Labute approximate surface area is 193 Å². The summed E-state index contributed by atoms with van der Waals surface area (Å²) in [5, 5.41) is 0. The van der Waals surface area contributed by atoms with Gasteiger partial charge in [0.15, 0.2) is 0 Å². The summed E-state index contributed by atoms with van der Waals surface area (Å²) in [4.78, 5) is 17.0. The maximum Gasteiger partial charge on any atom is 0.262 e. The molecule has 1 amide bonds. The van der Waals surface area contributed by atoms with Crippen molar-refractivity contribution in [2.75, 3.05) is 35.8 Å². The summed E-state index contributed by atoms with van der Waals surface area (Å²) in [7, 11) is -3.86. The highest BCUT2D eigenvalue weighted by atomic mass is 32.2. The normalized spacial score (nSPS) is 14.3. The van der Waals surface area contributed by atoms with Crippen LogP contribution in [-0.4, -0.2) is 45.4 Å². The van der Waals surface area contributed by atoms with Crippen LogP contribution in [0.5, 0.6) is 0 Å². The molecule has 1 N–H and O–H groups in total. The van der Waals surface area contributed by atoms with Gasteiger partial charge < -0.3 is 9.80 Å². The number of hydrogen-bond donors (Lipinski definition) is 1. The molecule has 1 aliphatic heterocycles. The Hall–Kier alpha value is -3.39. The van der Waals surface area contributed by atoms with E-state index >= 15 is 0 Å². The third-order valence-electron chi connectivity index (χ3n) is 5.87. The molecule has 0 bridgehead atoms. The molecule has 1 aliphatic rings. The zero-order valence-electron chi connectivity index (χ0n) is 18.6. The fraction of sp³-hybridized carbons (Fsp3) is 0.240. The largest absolute Gasteiger partial charge is 0.368 e. The highest BCUT2D eigenvalue weighted by molar-refractivity contribution is 7.92. The van der Waals surface area contributed by atoms with Gasteiger partial charge in [0.25, 0.3) is 15.9 Å². The number of amides is 1. The molecule has 0 spiro atoms. The molecular formula is C25H26FN3O3S. The lowest BCUT2D eigenvalue weighted by Gasteiger charge is -2.36. The minimum atomic E-state index is -3.86. The Bertz CT molecular complexity index is 1270. The lowest BCUT2D eigenvalue weighted by atomic mass is 10.1. The average Bonchev–Trinajstić information content (AvgIpc) is 2.81. The summed E-state index contributed by atoms with van der Waals surface area (Å²) in [5.41, 5.74) is 3.12. The van der Waals surface area contributed by atoms with Crippen LogP contribution in [0.2, 0.25) is 0 Å². The summed E-state index contributed by atoms with van der Waals surface area (Å²) in [5.74, 6) is -0.490. The maximum atomic E-state index is 13.2. The molecule has 3 aromatic carbocycles. The summed E-state index contributed by atoms with van der Waals surface area (Å²) in [6, 6.07) is 18.2. The topological polar surface area (TPSA) is 69.7 Å². The van der Waals surface area contributed by atoms with Crippen LogP contribution in [0.4, 0.5) is 15.8 Å². The van der Waals surface area contributed by atoms with Crippen molar-refractivity contribution in [3.8, 4) is 0 Å². The quantitative estimate of drug-likeness (QED) is 0.611. The van der Waals surface area contributed by atoms with Gasteiger partial charge in [0, 0.05) is 37.4 Å². The molecule has 0 aliphatic carbocycles. The SMILES string of the molecule is Cc1ccccc1NS(=O)(=O)c1cc(C(=O)N2CCN(c3ccc(F)cc3)CC2)ccc1C. The van der Waals surface area contributed by atoms with Crippen molar-refractivity contribution in [3.63, 3.8) is 0 Å². The zero-order valence-corrected chi connectivity index (χ0v) is 19.4. The van der Waals surface area contributed by atoms with Crippen molar-refractivity contribution in [2.24, 2.45) is 0 Å². The van der Waals surface area contributed by atoms with Gasteiger partial charge in [-0.2, -0.15) is 0 Å². The van der Waals surface area contributed by atoms with Gasteiger partial charge >= 0.3 is 0 Å². The number of benzene rings is 3. The number of hydrogen-bond acceptors (Lipinski definition) is 4. The number of nitrogens with zero attached hydrogens (tertiary/aromatic N) is 2. The molecule has 0 unspecified atom stereocenters. The Balaban J connectivity index is 1.50. The fourth-order valence-corrected chi connectivity index (χ4v) is 5.31. The number of carbonyl (C=O) groups excluding carboxylic acids is 1. The van der Waals surface area contributed by atoms with E-state index < -0.39 is 10.0 Å². The molecule has 4 rings (SSSR count). The summed E-state index contributed by atoms with van der Waals surface area (Å²) >= 11 is 0. The van der Waals surface area contributed by atoms with Crippen LogP contribution >= 0.6 is 0 Å². The minimum absolute atomic E-state index is 0.0848. The number of anilines is 2. The van der Waals surface area contributed by atoms with Crippen molar-refractivity contribution in [2.45, 2.75) is 18.7 Å². The van der Waals surface area contributed by atoms with Gasteiger partial charge in [-0.3, -0.25) is 9.52 Å². The van der Waals surface area contributed by atoms with E-state index in [-0.39, 0.29) is 16.6 Å². The van der Waals surface area contributed by atoms with E-state index in [9.17, 15) is 17.6 Å². The first-order valence-electron chi connectivity index (χ1n) is 10.7. The predicted molar refractivity (Wildman–Crippen MR) is 128 cm³/mol. The third-order valence-corrected chi connectivity index (χ3v) is 7.38. The molecule has 1 saturated heterocycles. The number of piperazine rings is 1. The van der Waals surface area contributed by atoms with E-state index in [4.69, 9.17) is 0 Å². The van der Waals surface area contributed by atoms with E-state index in [1.54, 1.807) is 48.2 Å². The molecule has 1 heterocycles. The van der Waals surface area contributed by atoms with Crippen LogP contribution in [0, 0.1) is 19.7 Å². The van der Waals surface area contributed by atoms with Crippen molar-refractivity contribution in [3.05, 3.63) is 89.2 Å². The lowest BCUT2D eigenvalue weighted by molar-refractivity contribution is 0.0746. The third kappa shape index (κ3) is 5.01. The second-order valence-electron chi connectivity index (χ2n) is 8.16. The van der Waals surface area contributed by atoms with Crippen LogP contribution in [0.3, 0.4) is 0 Å². The van der Waals surface area contributed by atoms with Gasteiger partial charge in [0.2, 0.25) is 0 Å². The van der Waals surface area contributed by atoms with Gasteiger partial charge in [-0.05, 0) is 67.4 Å². The standard InChI is InChI=1S/C25H26FN3O3S/c1-18-5-3-4-6-23(18)27-33(31,32)24-17-20(8-7-19(24)2)25(30)29-15-13-28(14-16-29)22-11-9-21(26)10-12-22/h3-12,17,27H,13-16H2,1-2H3. The van der Waals surface area contributed by atoms with E-state index in [0.717, 1.165) is 11.3 Å². The number of nitrogens with one attached hydrogen (secondary N) is 1. The second-order valence-corrected chi connectivity index (χ2v) is 9.81. The molecule has 6 nitrogen and oxygen atoms in total. The molecule has 1 fully saturated rings. The number of aryl methyl sites for hydroxylation is 2. The van der Waals surface area contributed by atoms with E-state index in [2.05, 4.69) is 9.62 Å². The molecule has 0 saturated carbocycles. The predicted octanol–water partition coefficient (Wildman–Crippen LogP) is 4.21. The van der Waals surface area contributed by atoms with Gasteiger partial charge in [-0.25, -0.2) is 12.8 Å². The Morgan fingerprint density at radius 3 is 2.21 bits per heavy atom. The fourth-order valence-electron chi connectivity index (χ4n) is 3.91. The Morgan fingerprint density at radius 2 is 1.55 bits per heavy atom. The van der Waals surface area contributed by atoms with Crippen molar-refractivity contribution >= 4 is 27.3 Å². The lowest BCUT2D eigenvalue weighted by Crippen LogP contribution is -2.48. The molecule has 172 valence electrons. The molecule has 8 heteroatoms. The molecule has 3 aromatic rings. The molecule has 0 atom stereocenters. The first-order chi connectivity index (χ1) is 15.7. The summed E-state index contributed by atoms with van der Waals surface area (Å²) in [6.45, 7) is 5.76. The van der Waals surface area contributed by atoms with Crippen LogP contribution in [0.1, 0.15) is 21.5 Å². The van der Waals surface area contributed by atoms with Crippen molar-refractivity contribution in [1.29, 1.82) is 0 Å². The van der Waals surface area contributed by atoms with E-state index in [1.165, 1.54) is 18.2 Å². The first-order valence-corrected chi connectivity index (χ1v) is 12.2. The molecule has 0 radical (unpaired) electrons. The highest BCUT2D eigenvalue weighted by Crippen LogP contribution is 2.24. The smallest absolute Gasteiger partial charge is 0.262 e.